The minimum absolute atomic E-state index is 0.0932. The lowest BCUT2D eigenvalue weighted by Gasteiger charge is -2.60. The Kier molecular flexibility index (Phi) is 5.80. The molecule has 0 spiro atoms. The number of aliphatic hydroxyl groups is 1. The van der Waals surface area contributed by atoms with Crippen molar-refractivity contribution in [1.29, 1.82) is 0 Å². The van der Waals surface area contributed by atoms with Crippen molar-refractivity contribution in [2.45, 2.75) is 105 Å². The summed E-state index contributed by atoms with van der Waals surface area (Å²) in [6, 6.07) is 0. The Morgan fingerprint density at radius 1 is 0.929 bits per heavy atom. The van der Waals surface area contributed by atoms with Gasteiger partial charge in [-0.3, -0.25) is 0 Å². The minimum Gasteiger partial charge on any atom is -0.393 e. The van der Waals surface area contributed by atoms with E-state index in [0.717, 1.165) is 42.4 Å². The van der Waals surface area contributed by atoms with Gasteiger partial charge in [0.2, 0.25) is 0 Å². The molecule has 1 nitrogen and oxygen atoms in total. The topological polar surface area (TPSA) is 20.2 Å². The lowest BCUT2D eigenvalue weighted by Crippen LogP contribution is -2.53. The first-order valence-electron chi connectivity index (χ1n) is 12.6. The monoisotopic (exact) mass is 386 g/mol. The van der Waals surface area contributed by atoms with Crippen LogP contribution in [0.25, 0.3) is 0 Å². The van der Waals surface area contributed by atoms with E-state index in [4.69, 9.17) is 0 Å². The third-order valence-corrected chi connectivity index (χ3v) is 10.3. The number of hydrogen-bond acceptors (Lipinski definition) is 1. The first kappa shape index (κ1) is 21.0. The van der Waals surface area contributed by atoms with Crippen LogP contribution in [-0.2, 0) is 0 Å². The smallest absolute Gasteiger partial charge is 0.0582 e. The highest BCUT2D eigenvalue weighted by atomic mass is 16.3. The van der Waals surface area contributed by atoms with E-state index in [2.05, 4.69) is 46.8 Å². The summed E-state index contributed by atoms with van der Waals surface area (Å²) < 4.78 is 0. The van der Waals surface area contributed by atoms with Crippen LogP contribution in [0.2, 0.25) is 0 Å². The van der Waals surface area contributed by atoms with Crippen LogP contribution >= 0.6 is 0 Å². The van der Waals surface area contributed by atoms with Crippen LogP contribution in [0.5, 0.6) is 0 Å². The molecular formula is C27H46O. The average Bonchev–Trinajstić information content (AvgIpc) is 2.91. The molecule has 4 fully saturated rings. The van der Waals surface area contributed by atoms with Gasteiger partial charge in [-0.15, -0.1) is 0 Å². The summed E-state index contributed by atoms with van der Waals surface area (Å²) >= 11 is 0. The van der Waals surface area contributed by atoms with Crippen molar-refractivity contribution in [2.75, 3.05) is 0 Å². The molecule has 0 aromatic heterocycles. The van der Waals surface area contributed by atoms with Gasteiger partial charge in [0.25, 0.3) is 0 Å². The maximum Gasteiger partial charge on any atom is 0.0582 e. The zero-order chi connectivity index (χ0) is 20.1. The van der Waals surface area contributed by atoms with Crippen LogP contribution in [0.3, 0.4) is 0 Å². The van der Waals surface area contributed by atoms with Crippen molar-refractivity contribution >= 4 is 0 Å². The number of aliphatic hydroxyl groups excluding tert-OH is 1. The van der Waals surface area contributed by atoms with E-state index in [-0.39, 0.29) is 6.10 Å². The quantitative estimate of drug-likeness (QED) is 0.505. The molecule has 160 valence electrons. The van der Waals surface area contributed by atoms with Gasteiger partial charge in [0.1, 0.15) is 0 Å². The van der Waals surface area contributed by atoms with Gasteiger partial charge in [0, 0.05) is 0 Å². The summed E-state index contributed by atoms with van der Waals surface area (Å²) in [5.41, 5.74) is 0.953. The maximum absolute atomic E-state index is 11.2. The molecule has 1 N–H and O–H groups in total. The second-order valence-corrected chi connectivity index (χ2v) is 12.2. The molecule has 0 heterocycles. The van der Waals surface area contributed by atoms with Crippen LogP contribution in [0.1, 0.15) is 98.8 Å². The van der Waals surface area contributed by atoms with E-state index < -0.39 is 0 Å². The third kappa shape index (κ3) is 3.32. The van der Waals surface area contributed by atoms with E-state index in [1.165, 1.54) is 51.4 Å². The van der Waals surface area contributed by atoms with Crippen molar-refractivity contribution in [3.63, 3.8) is 0 Å². The highest BCUT2D eigenvalue weighted by molar-refractivity contribution is 5.13. The molecule has 0 aromatic carbocycles. The summed E-state index contributed by atoms with van der Waals surface area (Å²) in [4.78, 5) is 0. The van der Waals surface area contributed by atoms with Crippen LogP contribution in [-0.4, -0.2) is 11.2 Å². The van der Waals surface area contributed by atoms with Crippen LogP contribution in [0, 0.1) is 52.3 Å². The number of fused-ring (bicyclic) bond motifs is 5. The zero-order valence-corrected chi connectivity index (χ0v) is 19.3. The Morgan fingerprint density at radius 3 is 2.46 bits per heavy atom. The lowest BCUT2D eigenvalue weighted by molar-refractivity contribution is -0.113. The van der Waals surface area contributed by atoms with Gasteiger partial charge in [0.15, 0.2) is 0 Å². The lowest BCUT2D eigenvalue weighted by atomic mass is 9.44. The van der Waals surface area contributed by atoms with Gasteiger partial charge in [-0.25, -0.2) is 0 Å². The second kappa shape index (κ2) is 7.75. The van der Waals surface area contributed by atoms with Gasteiger partial charge in [-0.1, -0.05) is 59.6 Å². The average molecular weight is 387 g/mol. The summed E-state index contributed by atoms with van der Waals surface area (Å²) in [6.45, 7) is 12.2. The van der Waals surface area contributed by atoms with Gasteiger partial charge >= 0.3 is 0 Å². The SMILES string of the molecule is CC(C)C/C=C/[C@@H](C)[C@H]1C(O)C[C@H]2[C@@H]3CCC4CCCC[C@]4(C)[C@H]3CC[C@]12C. The zero-order valence-electron chi connectivity index (χ0n) is 19.3. The number of rotatable bonds is 4. The predicted octanol–water partition coefficient (Wildman–Crippen LogP) is 7.24. The molecule has 0 radical (unpaired) electrons. The van der Waals surface area contributed by atoms with Gasteiger partial charge in [-0.05, 0) is 104 Å². The molecule has 0 aromatic rings. The standard InChI is InChI=1S/C27H46O/c1-18(2)9-8-10-19(3)25-24(28)17-23-21-13-12-20-11-6-7-15-26(20,4)22(21)14-16-27(23,25)5/h8,10,18-25,28H,6-7,9,11-17H2,1-5H3/b10-8+/t19-,20?,21-,22+,23+,24?,25+,26+,27+/m1/s1. The molecule has 4 rings (SSSR count). The minimum atomic E-state index is -0.0932. The van der Waals surface area contributed by atoms with E-state index in [0.29, 0.717) is 22.7 Å². The van der Waals surface area contributed by atoms with Gasteiger partial charge in [0.05, 0.1) is 6.10 Å². The molecule has 9 atom stereocenters. The molecule has 0 amide bonds. The van der Waals surface area contributed by atoms with Crippen molar-refractivity contribution in [2.24, 2.45) is 52.3 Å². The second-order valence-electron chi connectivity index (χ2n) is 12.2. The molecule has 28 heavy (non-hydrogen) atoms. The first-order chi connectivity index (χ1) is 13.3. The Labute approximate surface area is 174 Å². The van der Waals surface area contributed by atoms with E-state index in [1.54, 1.807) is 0 Å². The molecule has 4 aliphatic rings. The summed E-state index contributed by atoms with van der Waals surface area (Å²) in [5, 5.41) is 11.2. The highest BCUT2D eigenvalue weighted by Crippen LogP contribution is 2.68. The van der Waals surface area contributed by atoms with Crippen molar-refractivity contribution in [3.8, 4) is 0 Å². The Morgan fingerprint density at radius 2 is 1.71 bits per heavy atom. The summed E-state index contributed by atoms with van der Waals surface area (Å²) in [5.74, 6) is 5.24. The molecule has 0 aliphatic heterocycles. The Hall–Kier alpha value is -0.300. The van der Waals surface area contributed by atoms with Crippen molar-refractivity contribution < 1.29 is 5.11 Å². The largest absolute Gasteiger partial charge is 0.393 e. The first-order valence-corrected chi connectivity index (χ1v) is 12.6. The molecule has 2 unspecified atom stereocenters. The van der Waals surface area contributed by atoms with Crippen LogP contribution < -0.4 is 0 Å². The third-order valence-electron chi connectivity index (χ3n) is 10.3. The van der Waals surface area contributed by atoms with Crippen molar-refractivity contribution in [1.82, 2.24) is 0 Å². The van der Waals surface area contributed by atoms with Crippen LogP contribution in [0.4, 0.5) is 0 Å². The predicted molar refractivity (Wildman–Crippen MR) is 119 cm³/mol. The molecule has 4 saturated carbocycles. The number of allylic oxidation sites excluding steroid dienone is 2. The fraction of sp³-hybridized carbons (Fsp3) is 0.926. The van der Waals surface area contributed by atoms with Crippen LogP contribution in [0.15, 0.2) is 12.2 Å². The molecular weight excluding hydrogens is 340 g/mol. The molecule has 4 aliphatic carbocycles. The Bertz CT molecular complexity index is 579. The van der Waals surface area contributed by atoms with E-state index >= 15 is 0 Å². The van der Waals surface area contributed by atoms with Gasteiger partial charge < -0.3 is 5.11 Å². The van der Waals surface area contributed by atoms with E-state index in [1.807, 2.05) is 0 Å². The number of hydrogen-bond donors (Lipinski definition) is 1. The normalized spacial score (nSPS) is 49.7. The van der Waals surface area contributed by atoms with Crippen molar-refractivity contribution in [3.05, 3.63) is 12.2 Å². The molecule has 0 saturated heterocycles. The summed E-state index contributed by atoms with van der Waals surface area (Å²) in [6.07, 6.45) is 18.6. The fourth-order valence-electron chi connectivity index (χ4n) is 8.98. The Balaban J connectivity index is 1.55. The fourth-order valence-corrected chi connectivity index (χ4v) is 8.98. The molecule has 0 bridgehead atoms. The highest BCUT2D eigenvalue weighted by Gasteiger charge is 2.62. The van der Waals surface area contributed by atoms with E-state index in [9.17, 15) is 5.11 Å². The summed E-state index contributed by atoms with van der Waals surface area (Å²) in [7, 11) is 0. The van der Waals surface area contributed by atoms with Gasteiger partial charge in [-0.2, -0.15) is 0 Å². The maximum atomic E-state index is 11.2. The molecule has 1 heteroatoms.